The molecule has 0 aliphatic rings. The van der Waals surface area contributed by atoms with Crippen molar-refractivity contribution >= 4 is 71.2 Å². The molecular weight excluding hydrogens is 749 g/mol. The highest BCUT2D eigenvalue weighted by Gasteiger charge is 2.19. The third-order valence-electron chi connectivity index (χ3n) is 12.5. The van der Waals surface area contributed by atoms with Crippen LogP contribution in [0.2, 0.25) is 0 Å². The Bertz CT molecular complexity index is 3480. The number of hydrogen-bond donors (Lipinski definition) is 0. The van der Waals surface area contributed by atoms with Crippen molar-refractivity contribution in [1.82, 2.24) is 4.57 Å². The van der Waals surface area contributed by atoms with Crippen molar-refractivity contribution in [3.05, 3.63) is 243 Å². The highest BCUT2D eigenvalue weighted by atomic mass is 15.1. The molecule has 0 N–H and O–H groups in total. The number of hydrogen-bond acceptors (Lipinski definition) is 1. The summed E-state index contributed by atoms with van der Waals surface area (Å²) in [6.07, 6.45) is 0. The van der Waals surface area contributed by atoms with E-state index in [4.69, 9.17) is 0 Å². The van der Waals surface area contributed by atoms with E-state index in [0.717, 1.165) is 28.3 Å². The van der Waals surface area contributed by atoms with Crippen molar-refractivity contribution in [3.8, 4) is 39.1 Å². The van der Waals surface area contributed by atoms with E-state index in [2.05, 4.69) is 252 Å². The van der Waals surface area contributed by atoms with Gasteiger partial charge in [-0.25, -0.2) is 0 Å². The van der Waals surface area contributed by atoms with E-state index >= 15 is 0 Å². The minimum atomic E-state index is 1.09. The van der Waals surface area contributed by atoms with E-state index in [0.29, 0.717) is 0 Å². The zero-order chi connectivity index (χ0) is 41.0. The third kappa shape index (κ3) is 6.04. The van der Waals surface area contributed by atoms with Gasteiger partial charge in [-0.2, -0.15) is 0 Å². The number of nitrogens with zero attached hydrogens (tertiary/aromatic N) is 2. The standard InChI is InChI=1S/C60H40N2/c1-2-21-48(22-3-1)62-58-29-13-28-56(60(58)57-39-45-16-4-5-17-46(45)40-59(57)62)47-20-10-23-51(38-47)61(49-34-30-43(31-35-49)54-26-11-18-41-14-6-8-24-52(41)54)50-36-32-44(33-37-50)55-27-12-19-42-15-7-9-25-53(42)55/h1-40H. The molecule has 1 aromatic heterocycles. The smallest absolute Gasteiger partial charge is 0.0547 e. The molecule has 1 heterocycles. The fourth-order valence-electron chi connectivity index (χ4n) is 9.64. The fraction of sp³-hybridized carbons (Fsp3) is 0. The van der Waals surface area contributed by atoms with Gasteiger partial charge in [-0.05, 0) is 132 Å². The van der Waals surface area contributed by atoms with Crippen LogP contribution >= 0.6 is 0 Å². The first-order chi connectivity index (χ1) is 30.7. The number of aromatic nitrogens is 1. The summed E-state index contributed by atoms with van der Waals surface area (Å²) in [6, 6.07) is 88.5. The molecule has 11 aromatic carbocycles. The topological polar surface area (TPSA) is 8.17 Å². The molecule has 62 heavy (non-hydrogen) atoms. The predicted octanol–water partition coefficient (Wildman–Crippen LogP) is 16.7. The van der Waals surface area contributed by atoms with Crippen LogP contribution in [0.15, 0.2) is 243 Å². The van der Waals surface area contributed by atoms with Gasteiger partial charge in [-0.3, -0.25) is 0 Å². The highest BCUT2D eigenvalue weighted by Crippen LogP contribution is 2.43. The number of anilines is 3. The molecule has 0 fully saturated rings. The van der Waals surface area contributed by atoms with Crippen LogP contribution in [-0.2, 0) is 0 Å². The van der Waals surface area contributed by atoms with Crippen LogP contribution in [0.3, 0.4) is 0 Å². The first-order valence-electron chi connectivity index (χ1n) is 21.3. The molecule has 0 atom stereocenters. The second-order valence-corrected chi connectivity index (χ2v) is 16.1. The zero-order valence-electron chi connectivity index (χ0n) is 34.0. The van der Waals surface area contributed by atoms with Crippen LogP contribution in [-0.4, -0.2) is 4.57 Å². The maximum Gasteiger partial charge on any atom is 0.0547 e. The monoisotopic (exact) mass is 788 g/mol. The summed E-state index contributed by atoms with van der Waals surface area (Å²) < 4.78 is 2.42. The van der Waals surface area contributed by atoms with Gasteiger partial charge >= 0.3 is 0 Å². The second kappa shape index (κ2) is 14.8. The Morgan fingerprint density at radius 1 is 0.274 bits per heavy atom. The van der Waals surface area contributed by atoms with E-state index in [1.165, 1.54) is 81.9 Å². The van der Waals surface area contributed by atoms with Gasteiger partial charge in [-0.1, -0.05) is 176 Å². The largest absolute Gasteiger partial charge is 0.310 e. The Kier molecular flexibility index (Phi) is 8.53. The summed E-state index contributed by atoms with van der Waals surface area (Å²) in [7, 11) is 0. The first kappa shape index (κ1) is 35.7. The van der Waals surface area contributed by atoms with Crippen LogP contribution in [0.5, 0.6) is 0 Å². The van der Waals surface area contributed by atoms with E-state index < -0.39 is 0 Å². The summed E-state index contributed by atoms with van der Waals surface area (Å²) in [4.78, 5) is 2.39. The normalized spacial score (nSPS) is 11.5. The molecule has 12 aromatic rings. The van der Waals surface area contributed by atoms with Gasteiger partial charge in [0.25, 0.3) is 0 Å². The molecule has 0 saturated carbocycles. The SMILES string of the molecule is c1ccc(-n2c3cc4ccccc4cc3c3c(-c4cccc(N(c5ccc(-c6cccc7ccccc67)cc5)c5ccc(-c6cccc7ccccc67)cc5)c4)cccc32)cc1. The lowest BCUT2D eigenvalue weighted by Gasteiger charge is -2.26. The summed E-state index contributed by atoms with van der Waals surface area (Å²) in [5.41, 5.74) is 14.0. The van der Waals surface area contributed by atoms with Gasteiger partial charge in [0, 0.05) is 33.5 Å². The Labute approximate surface area is 360 Å². The molecule has 0 aliphatic carbocycles. The van der Waals surface area contributed by atoms with Crippen molar-refractivity contribution in [1.29, 1.82) is 0 Å². The Balaban J connectivity index is 1.03. The molecule has 2 heteroatoms. The van der Waals surface area contributed by atoms with Gasteiger partial charge in [0.1, 0.15) is 0 Å². The van der Waals surface area contributed by atoms with Gasteiger partial charge in [0.15, 0.2) is 0 Å². The lowest BCUT2D eigenvalue weighted by molar-refractivity contribution is 1.18. The molecule has 290 valence electrons. The van der Waals surface area contributed by atoms with Crippen LogP contribution in [0.1, 0.15) is 0 Å². The van der Waals surface area contributed by atoms with Gasteiger partial charge in [-0.15, -0.1) is 0 Å². The molecule has 12 rings (SSSR count). The number of rotatable bonds is 7. The molecule has 2 nitrogen and oxygen atoms in total. The predicted molar refractivity (Wildman–Crippen MR) is 264 cm³/mol. The van der Waals surface area contributed by atoms with Gasteiger partial charge in [0.05, 0.1) is 11.0 Å². The molecule has 0 spiro atoms. The van der Waals surface area contributed by atoms with E-state index in [1.54, 1.807) is 0 Å². The Morgan fingerprint density at radius 3 is 1.40 bits per heavy atom. The van der Waals surface area contributed by atoms with Crippen molar-refractivity contribution in [3.63, 3.8) is 0 Å². The molecule has 0 aliphatic heterocycles. The summed E-state index contributed by atoms with van der Waals surface area (Å²) in [6.45, 7) is 0. The molecule has 0 saturated heterocycles. The van der Waals surface area contributed by atoms with Crippen molar-refractivity contribution < 1.29 is 0 Å². The number of para-hydroxylation sites is 1. The molecular formula is C60H40N2. The lowest BCUT2D eigenvalue weighted by Crippen LogP contribution is -2.10. The Morgan fingerprint density at radius 2 is 0.774 bits per heavy atom. The number of fused-ring (bicyclic) bond motifs is 6. The third-order valence-corrected chi connectivity index (χ3v) is 12.5. The summed E-state index contributed by atoms with van der Waals surface area (Å²) in [5.74, 6) is 0. The Hall–Kier alpha value is -8.20. The second-order valence-electron chi connectivity index (χ2n) is 16.1. The molecule has 0 radical (unpaired) electrons. The van der Waals surface area contributed by atoms with Gasteiger partial charge < -0.3 is 9.47 Å². The van der Waals surface area contributed by atoms with Crippen LogP contribution < -0.4 is 4.90 Å². The van der Waals surface area contributed by atoms with E-state index in [1.807, 2.05) is 0 Å². The quantitative estimate of drug-likeness (QED) is 0.156. The van der Waals surface area contributed by atoms with E-state index in [9.17, 15) is 0 Å². The first-order valence-corrected chi connectivity index (χ1v) is 21.3. The van der Waals surface area contributed by atoms with E-state index in [-0.39, 0.29) is 0 Å². The minimum absolute atomic E-state index is 1.09. The average Bonchev–Trinajstić information content (AvgIpc) is 3.67. The molecule has 0 amide bonds. The summed E-state index contributed by atoms with van der Waals surface area (Å²) in [5, 5.41) is 9.97. The van der Waals surface area contributed by atoms with Crippen LogP contribution in [0.25, 0.3) is 93.2 Å². The zero-order valence-corrected chi connectivity index (χ0v) is 34.0. The van der Waals surface area contributed by atoms with Crippen molar-refractivity contribution in [2.24, 2.45) is 0 Å². The highest BCUT2D eigenvalue weighted by molar-refractivity contribution is 6.18. The van der Waals surface area contributed by atoms with Crippen LogP contribution in [0.4, 0.5) is 17.1 Å². The molecule has 0 bridgehead atoms. The average molecular weight is 789 g/mol. The van der Waals surface area contributed by atoms with Crippen molar-refractivity contribution in [2.75, 3.05) is 4.90 Å². The summed E-state index contributed by atoms with van der Waals surface area (Å²) >= 11 is 0. The maximum atomic E-state index is 2.42. The minimum Gasteiger partial charge on any atom is -0.310 e. The lowest BCUT2D eigenvalue weighted by atomic mass is 9.96. The van der Waals surface area contributed by atoms with Crippen molar-refractivity contribution in [2.45, 2.75) is 0 Å². The van der Waals surface area contributed by atoms with Crippen LogP contribution in [0, 0.1) is 0 Å². The number of benzene rings is 11. The van der Waals surface area contributed by atoms with Gasteiger partial charge in [0.2, 0.25) is 0 Å². The fourth-order valence-corrected chi connectivity index (χ4v) is 9.64. The maximum absolute atomic E-state index is 2.42. The molecule has 0 unspecified atom stereocenters.